The number of nitrogens with zero attached hydrogens (tertiary/aromatic N) is 1. The lowest BCUT2D eigenvalue weighted by Gasteiger charge is -2.28. The predicted octanol–water partition coefficient (Wildman–Crippen LogP) is 2.38. The Bertz CT molecular complexity index is 215. The molecule has 1 saturated heterocycles. The average Bonchev–Trinajstić information content (AvgIpc) is 2.27. The summed E-state index contributed by atoms with van der Waals surface area (Å²) in [6.45, 7) is 13.1. The minimum Gasteiger partial charge on any atom is -0.356 e. The highest BCUT2D eigenvalue weighted by Gasteiger charge is 2.38. The van der Waals surface area contributed by atoms with Crippen LogP contribution in [0.25, 0.3) is 0 Å². The van der Waals surface area contributed by atoms with Crippen LogP contribution in [0.2, 0.25) is 0 Å². The third-order valence-electron chi connectivity index (χ3n) is 2.76. The minimum atomic E-state index is -0.0760. The van der Waals surface area contributed by atoms with Crippen LogP contribution in [-0.4, -0.2) is 29.9 Å². The van der Waals surface area contributed by atoms with Gasteiger partial charge in [0.15, 0.2) is 0 Å². The zero-order valence-electron chi connectivity index (χ0n) is 11.2. The summed E-state index contributed by atoms with van der Waals surface area (Å²) in [5, 5.41) is 2.10. The molecule has 0 aromatic rings. The van der Waals surface area contributed by atoms with Gasteiger partial charge in [0.1, 0.15) is 6.23 Å². The number of rotatable bonds is 1. The number of ether oxygens (including phenoxy) is 1. The summed E-state index contributed by atoms with van der Waals surface area (Å²) in [6.07, 6.45) is 1.24. The highest BCUT2D eigenvalue weighted by Crippen LogP contribution is 2.30. The average molecular weight is 214 g/mol. The van der Waals surface area contributed by atoms with E-state index in [2.05, 4.69) is 59.0 Å². The second-order valence-electron chi connectivity index (χ2n) is 6.58. The van der Waals surface area contributed by atoms with Crippen LogP contribution in [0.15, 0.2) is 0 Å². The molecule has 0 spiro atoms. The standard InChI is InChI=1S/C12H26N2O/c1-11(2,3)9-8-10(14(7)13-9)15-12(4,5)6/h9-10,13H,8H2,1-7H3. The maximum Gasteiger partial charge on any atom is 0.124 e. The van der Waals surface area contributed by atoms with Crippen molar-refractivity contribution in [2.75, 3.05) is 7.05 Å². The Morgan fingerprint density at radius 3 is 2.00 bits per heavy atom. The van der Waals surface area contributed by atoms with Crippen molar-refractivity contribution in [2.45, 2.75) is 65.8 Å². The normalized spacial score (nSPS) is 29.8. The van der Waals surface area contributed by atoms with Crippen molar-refractivity contribution in [3.8, 4) is 0 Å². The molecular formula is C12H26N2O. The van der Waals surface area contributed by atoms with Gasteiger partial charge < -0.3 is 4.74 Å². The Kier molecular flexibility index (Phi) is 3.49. The van der Waals surface area contributed by atoms with E-state index >= 15 is 0 Å². The molecule has 0 bridgehead atoms. The molecule has 1 N–H and O–H groups in total. The molecule has 90 valence electrons. The van der Waals surface area contributed by atoms with Crippen molar-refractivity contribution in [2.24, 2.45) is 5.41 Å². The molecule has 1 heterocycles. The van der Waals surface area contributed by atoms with Crippen LogP contribution in [0.4, 0.5) is 0 Å². The highest BCUT2D eigenvalue weighted by atomic mass is 16.5. The minimum absolute atomic E-state index is 0.0760. The van der Waals surface area contributed by atoms with E-state index in [1.807, 2.05) is 0 Å². The second kappa shape index (κ2) is 4.04. The Labute approximate surface area is 94.1 Å². The van der Waals surface area contributed by atoms with Crippen LogP contribution in [-0.2, 0) is 4.74 Å². The Hall–Kier alpha value is -0.120. The number of hydrazine groups is 1. The van der Waals surface area contributed by atoms with E-state index in [1.165, 1.54) is 0 Å². The van der Waals surface area contributed by atoms with Gasteiger partial charge in [0.2, 0.25) is 0 Å². The van der Waals surface area contributed by atoms with Crippen LogP contribution in [0.1, 0.15) is 48.0 Å². The van der Waals surface area contributed by atoms with Crippen LogP contribution >= 0.6 is 0 Å². The highest BCUT2D eigenvalue weighted by molar-refractivity contribution is 4.87. The smallest absolute Gasteiger partial charge is 0.124 e. The quantitative estimate of drug-likeness (QED) is 0.725. The molecule has 2 unspecified atom stereocenters. The summed E-state index contributed by atoms with van der Waals surface area (Å²) >= 11 is 0. The van der Waals surface area contributed by atoms with Crippen LogP contribution in [0.3, 0.4) is 0 Å². The predicted molar refractivity (Wildman–Crippen MR) is 63.4 cm³/mol. The number of hydrogen-bond acceptors (Lipinski definition) is 3. The largest absolute Gasteiger partial charge is 0.356 e. The van der Waals surface area contributed by atoms with Crippen LogP contribution in [0, 0.1) is 5.41 Å². The first-order valence-corrected chi connectivity index (χ1v) is 5.76. The van der Waals surface area contributed by atoms with Gasteiger partial charge in [-0.3, -0.25) is 0 Å². The summed E-state index contributed by atoms with van der Waals surface area (Å²) < 4.78 is 6.00. The van der Waals surface area contributed by atoms with E-state index in [4.69, 9.17) is 4.74 Å². The fourth-order valence-corrected chi connectivity index (χ4v) is 1.82. The first-order valence-electron chi connectivity index (χ1n) is 5.76. The zero-order valence-corrected chi connectivity index (χ0v) is 11.2. The van der Waals surface area contributed by atoms with Gasteiger partial charge in [-0.25, -0.2) is 10.4 Å². The van der Waals surface area contributed by atoms with Crippen molar-refractivity contribution >= 4 is 0 Å². The first-order chi connectivity index (χ1) is 6.59. The van der Waals surface area contributed by atoms with E-state index in [9.17, 15) is 0 Å². The van der Waals surface area contributed by atoms with Crippen molar-refractivity contribution in [3.05, 3.63) is 0 Å². The van der Waals surface area contributed by atoms with Crippen molar-refractivity contribution in [1.82, 2.24) is 10.4 Å². The van der Waals surface area contributed by atoms with Crippen LogP contribution < -0.4 is 5.43 Å². The van der Waals surface area contributed by atoms with E-state index in [1.54, 1.807) is 0 Å². The topological polar surface area (TPSA) is 24.5 Å². The Morgan fingerprint density at radius 2 is 1.67 bits per heavy atom. The molecule has 15 heavy (non-hydrogen) atoms. The molecule has 1 aliphatic heterocycles. The summed E-state index contributed by atoms with van der Waals surface area (Å²) in [5.41, 5.74) is 3.68. The zero-order chi connectivity index (χ0) is 11.9. The molecule has 0 aromatic heterocycles. The monoisotopic (exact) mass is 214 g/mol. The Balaban J connectivity index is 2.57. The van der Waals surface area contributed by atoms with Gasteiger partial charge in [-0.05, 0) is 26.2 Å². The summed E-state index contributed by atoms with van der Waals surface area (Å²) in [5.74, 6) is 0. The summed E-state index contributed by atoms with van der Waals surface area (Å²) in [4.78, 5) is 0. The van der Waals surface area contributed by atoms with Gasteiger partial charge in [0, 0.05) is 19.5 Å². The number of nitrogens with one attached hydrogen (secondary N) is 1. The molecule has 0 amide bonds. The van der Waals surface area contributed by atoms with Gasteiger partial charge in [-0.15, -0.1) is 0 Å². The third kappa shape index (κ3) is 3.74. The SMILES string of the molecule is CN1NC(C(C)(C)C)CC1OC(C)(C)C. The molecule has 1 fully saturated rings. The van der Waals surface area contributed by atoms with Crippen LogP contribution in [0.5, 0.6) is 0 Å². The molecule has 0 aliphatic carbocycles. The molecule has 3 heteroatoms. The number of hydrogen-bond donors (Lipinski definition) is 1. The summed E-state index contributed by atoms with van der Waals surface area (Å²) in [7, 11) is 2.06. The van der Waals surface area contributed by atoms with E-state index < -0.39 is 0 Å². The third-order valence-corrected chi connectivity index (χ3v) is 2.76. The van der Waals surface area contributed by atoms with Gasteiger partial charge in [0.25, 0.3) is 0 Å². The molecule has 0 radical (unpaired) electrons. The van der Waals surface area contributed by atoms with Gasteiger partial charge in [-0.2, -0.15) is 0 Å². The first kappa shape index (κ1) is 12.9. The van der Waals surface area contributed by atoms with Crippen molar-refractivity contribution in [1.29, 1.82) is 0 Å². The van der Waals surface area contributed by atoms with E-state index in [0.717, 1.165) is 6.42 Å². The maximum atomic E-state index is 6.00. The molecule has 1 aliphatic rings. The van der Waals surface area contributed by atoms with Crippen molar-refractivity contribution < 1.29 is 4.74 Å². The van der Waals surface area contributed by atoms with Gasteiger partial charge in [0.05, 0.1) is 5.60 Å². The van der Waals surface area contributed by atoms with Crippen molar-refractivity contribution in [3.63, 3.8) is 0 Å². The lowest BCUT2D eigenvalue weighted by molar-refractivity contribution is -0.118. The van der Waals surface area contributed by atoms with E-state index in [-0.39, 0.29) is 17.2 Å². The van der Waals surface area contributed by atoms with Gasteiger partial charge in [-0.1, -0.05) is 20.8 Å². The molecule has 2 atom stereocenters. The molecule has 3 nitrogen and oxygen atoms in total. The second-order valence-corrected chi connectivity index (χ2v) is 6.58. The molecule has 1 rings (SSSR count). The Morgan fingerprint density at radius 1 is 1.13 bits per heavy atom. The molecule has 0 saturated carbocycles. The van der Waals surface area contributed by atoms with Gasteiger partial charge >= 0.3 is 0 Å². The maximum absolute atomic E-state index is 6.00. The fourth-order valence-electron chi connectivity index (χ4n) is 1.82. The fraction of sp³-hybridized carbons (Fsp3) is 1.00. The molecule has 0 aromatic carbocycles. The summed E-state index contributed by atoms with van der Waals surface area (Å²) in [6, 6.07) is 0.495. The molecular weight excluding hydrogens is 188 g/mol. The lowest BCUT2D eigenvalue weighted by Crippen LogP contribution is -2.42. The van der Waals surface area contributed by atoms with E-state index in [0.29, 0.717) is 6.04 Å². The lowest BCUT2D eigenvalue weighted by atomic mass is 9.86.